The molecule has 0 atom stereocenters. The van der Waals surface area contributed by atoms with E-state index in [1.54, 1.807) is 19.1 Å². The average Bonchev–Trinajstić information content (AvgIpc) is 2.44. The lowest BCUT2D eigenvalue weighted by atomic mass is 9.79. The molecule has 2 rings (SSSR count). The lowest BCUT2D eigenvalue weighted by molar-refractivity contribution is -0.118. The first kappa shape index (κ1) is 15.0. The Morgan fingerprint density at radius 3 is 2.60 bits per heavy atom. The Balaban J connectivity index is 2.05. The third kappa shape index (κ3) is 3.37. The van der Waals surface area contributed by atoms with Gasteiger partial charge < -0.3 is 10.6 Å². The zero-order chi connectivity index (χ0) is 14.6. The molecule has 110 valence electrons. The summed E-state index contributed by atoms with van der Waals surface area (Å²) in [4.78, 5) is 12.2. The lowest BCUT2D eigenvalue weighted by Gasteiger charge is -2.36. The van der Waals surface area contributed by atoms with Gasteiger partial charge >= 0.3 is 0 Å². The number of para-hydroxylation sites is 1. The van der Waals surface area contributed by atoms with Gasteiger partial charge in [-0.2, -0.15) is 0 Å². The molecule has 1 aliphatic rings. The highest BCUT2D eigenvalue weighted by atomic mass is 19.1. The maximum absolute atomic E-state index is 13.7. The van der Waals surface area contributed by atoms with Gasteiger partial charge in [-0.3, -0.25) is 4.79 Å². The SMILES string of the molecule is CNC1(CC(=O)Nc2c(C)cccc2F)CCCCC1. The number of aryl methyl sites for hydroxylation is 1. The molecule has 0 aliphatic heterocycles. The van der Waals surface area contributed by atoms with Gasteiger partial charge in [0.25, 0.3) is 0 Å². The van der Waals surface area contributed by atoms with Crippen molar-refractivity contribution < 1.29 is 9.18 Å². The van der Waals surface area contributed by atoms with E-state index >= 15 is 0 Å². The molecule has 1 aromatic carbocycles. The fourth-order valence-electron chi connectivity index (χ4n) is 3.02. The highest BCUT2D eigenvalue weighted by Gasteiger charge is 2.32. The van der Waals surface area contributed by atoms with Crippen LogP contribution in [0.15, 0.2) is 18.2 Å². The van der Waals surface area contributed by atoms with Gasteiger partial charge in [0.05, 0.1) is 5.69 Å². The van der Waals surface area contributed by atoms with Crippen LogP contribution < -0.4 is 10.6 Å². The van der Waals surface area contributed by atoms with Crippen molar-refractivity contribution in [2.24, 2.45) is 0 Å². The summed E-state index contributed by atoms with van der Waals surface area (Å²) in [5, 5.41) is 6.04. The fraction of sp³-hybridized carbons (Fsp3) is 0.562. The maximum Gasteiger partial charge on any atom is 0.226 e. The van der Waals surface area contributed by atoms with E-state index in [1.165, 1.54) is 12.5 Å². The summed E-state index contributed by atoms with van der Waals surface area (Å²) in [7, 11) is 1.91. The Hall–Kier alpha value is -1.42. The molecule has 0 heterocycles. The molecule has 1 saturated carbocycles. The number of anilines is 1. The number of carbonyl (C=O) groups excluding carboxylic acids is 1. The van der Waals surface area contributed by atoms with Crippen molar-refractivity contribution in [1.82, 2.24) is 5.32 Å². The Kier molecular flexibility index (Phi) is 4.76. The third-order valence-corrected chi connectivity index (χ3v) is 4.33. The van der Waals surface area contributed by atoms with Crippen molar-refractivity contribution in [3.63, 3.8) is 0 Å². The molecule has 2 N–H and O–H groups in total. The summed E-state index contributed by atoms with van der Waals surface area (Å²) in [5.41, 5.74) is 0.932. The van der Waals surface area contributed by atoms with E-state index in [1.807, 2.05) is 7.05 Å². The highest BCUT2D eigenvalue weighted by Crippen LogP contribution is 2.31. The minimum absolute atomic E-state index is 0.116. The fourth-order valence-corrected chi connectivity index (χ4v) is 3.02. The molecule has 1 amide bonds. The molecular weight excluding hydrogens is 255 g/mol. The normalized spacial score (nSPS) is 17.8. The van der Waals surface area contributed by atoms with Gasteiger partial charge in [0.2, 0.25) is 5.91 Å². The molecule has 3 nitrogen and oxygen atoms in total. The molecule has 1 aliphatic carbocycles. The van der Waals surface area contributed by atoms with E-state index < -0.39 is 0 Å². The van der Waals surface area contributed by atoms with Crippen LogP contribution in [0.5, 0.6) is 0 Å². The standard InChI is InChI=1S/C16H23FN2O/c1-12-7-6-8-13(17)15(12)19-14(20)11-16(18-2)9-4-3-5-10-16/h6-8,18H,3-5,9-11H2,1-2H3,(H,19,20). The molecule has 20 heavy (non-hydrogen) atoms. The van der Waals surface area contributed by atoms with Crippen LogP contribution in [-0.4, -0.2) is 18.5 Å². The monoisotopic (exact) mass is 278 g/mol. The van der Waals surface area contributed by atoms with Crippen LogP contribution in [0, 0.1) is 12.7 Å². The molecule has 0 bridgehead atoms. The summed E-state index contributed by atoms with van der Waals surface area (Å²) >= 11 is 0. The minimum Gasteiger partial charge on any atom is -0.323 e. The number of amides is 1. The van der Waals surface area contributed by atoms with E-state index in [0.29, 0.717) is 12.1 Å². The van der Waals surface area contributed by atoms with Crippen molar-refractivity contribution in [3.05, 3.63) is 29.6 Å². The summed E-state index contributed by atoms with van der Waals surface area (Å²) in [5.74, 6) is -0.491. The Labute approximate surface area is 120 Å². The first-order chi connectivity index (χ1) is 9.56. The number of hydrogen-bond acceptors (Lipinski definition) is 2. The summed E-state index contributed by atoms with van der Waals surface area (Å²) in [6.45, 7) is 1.80. The second-order valence-corrected chi connectivity index (χ2v) is 5.75. The van der Waals surface area contributed by atoms with Crippen molar-refractivity contribution in [2.75, 3.05) is 12.4 Å². The Morgan fingerprint density at radius 2 is 2.00 bits per heavy atom. The predicted octanol–water partition coefficient (Wildman–Crippen LogP) is 3.39. The van der Waals surface area contributed by atoms with Crippen LogP contribution in [0.2, 0.25) is 0 Å². The minimum atomic E-state index is -0.375. The van der Waals surface area contributed by atoms with Crippen LogP contribution in [-0.2, 0) is 4.79 Å². The second-order valence-electron chi connectivity index (χ2n) is 5.75. The Bertz CT molecular complexity index is 461. The number of rotatable bonds is 4. The molecule has 0 radical (unpaired) electrons. The van der Waals surface area contributed by atoms with Gasteiger partial charge in [-0.05, 0) is 38.4 Å². The second kappa shape index (κ2) is 6.35. The van der Waals surface area contributed by atoms with Crippen molar-refractivity contribution in [1.29, 1.82) is 0 Å². The van der Waals surface area contributed by atoms with Crippen molar-refractivity contribution in [3.8, 4) is 0 Å². The van der Waals surface area contributed by atoms with E-state index in [0.717, 1.165) is 31.2 Å². The highest BCUT2D eigenvalue weighted by molar-refractivity contribution is 5.92. The Morgan fingerprint density at radius 1 is 1.30 bits per heavy atom. The van der Waals surface area contributed by atoms with Gasteiger partial charge in [-0.25, -0.2) is 4.39 Å². The largest absolute Gasteiger partial charge is 0.323 e. The molecule has 0 aromatic heterocycles. The summed E-state index contributed by atoms with van der Waals surface area (Å²) in [6.07, 6.45) is 5.94. The van der Waals surface area contributed by atoms with Crippen molar-refractivity contribution in [2.45, 2.75) is 51.0 Å². The summed E-state index contributed by atoms with van der Waals surface area (Å²) < 4.78 is 13.7. The number of benzene rings is 1. The zero-order valence-electron chi connectivity index (χ0n) is 12.3. The molecule has 0 spiro atoms. The van der Waals surface area contributed by atoms with E-state index in [-0.39, 0.29) is 17.3 Å². The van der Waals surface area contributed by atoms with Crippen LogP contribution in [0.25, 0.3) is 0 Å². The average molecular weight is 278 g/mol. The van der Waals surface area contributed by atoms with Gasteiger partial charge in [-0.1, -0.05) is 31.4 Å². The maximum atomic E-state index is 13.7. The van der Waals surface area contributed by atoms with Crippen LogP contribution in [0.3, 0.4) is 0 Å². The van der Waals surface area contributed by atoms with Crippen molar-refractivity contribution >= 4 is 11.6 Å². The lowest BCUT2D eigenvalue weighted by Crippen LogP contribution is -2.47. The van der Waals surface area contributed by atoms with Gasteiger partial charge in [0.1, 0.15) is 5.82 Å². The van der Waals surface area contributed by atoms with E-state index in [2.05, 4.69) is 10.6 Å². The van der Waals surface area contributed by atoms with Gasteiger partial charge in [0, 0.05) is 12.0 Å². The molecule has 0 saturated heterocycles. The van der Waals surface area contributed by atoms with E-state index in [9.17, 15) is 9.18 Å². The molecule has 1 aromatic rings. The number of hydrogen-bond donors (Lipinski definition) is 2. The molecule has 0 unspecified atom stereocenters. The quantitative estimate of drug-likeness (QED) is 0.886. The topological polar surface area (TPSA) is 41.1 Å². The van der Waals surface area contributed by atoms with E-state index in [4.69, 9.17) is 0 Å². The first-order valence-electron chi connectivity index (χ1n) is 7.30. The van der Waals surface area contributed by atoms with Crippen LogP contribution in [0.4, 0.5) is 10.1 Å². The molecule has 4 heteroatoms. The van der Waals surface area contributed by atoms with Gasteiger partial charge in [0.15, 0.2) is 0 Å². The zero-order valence-corrected chi connectivity index (χ0v) is 12.3. The number of halogens is 1. The molecule has 1 fully saturated rings. The molecular formula is C16H23FN2O. The number of nitrogens with one attached hydrogen (secondary N) is 2. The van der Waals surface area contributed by atoms with Crippen LogP contribution >= 0.6 is 0 Å². The smallest absolute Gasteiger partial charge is 0.226 e. The first-order valence-corrected chi connectivity index (χ1v) is 7.30. The van der Waals surface area contributed by atoms with Crippen LogP contribution in [0.1, 0.15) is 44.1 Å². The number of carbonyl (C=O) groups is 1. The predicted molar refractivity (Wildman–Crippen MR) is 79.3 cm³/mol. The van der Waals surface area contributed by atoms with Gasteiger partial charge in [-0.15, -0.1) is 0 Å². The third-order valence-electron chi connectivity index (χ3n) is 4.33. The summed E-state index contributed by atoms with van der Waals surface area (Å²) in [6, 6.07) is 4.82.